The zero-order valence-electron chi connectivity index (χ0n) is 17.6. The zero-order chi connectivity index (χ0) is 22.8. The molecule has 32 heavy (non-hydrogen) atoms. The molecule has 1 heterocycles. The summed E-state index contributed by atoms with van der Waals surface area (Å²) in [6.07, 6.45) is 3.34. The summed E-state index contributed by atoms with van der Waals surface area (Å²) in [6.45, 7) is 1.45. The number of hydrogen-bond donors (Lipinski definition) is 1. The fourth-order valence-electron chi connectivity index (χ4n) is 4.32. The first-order valence-electron chi connectivity index (χ1n) is 10.6. The number of benzene rings is 2. The van der Waals surface area contributed by atoms with E-state index in [0.717, 1.165) is 35.7 Å². The summed E-state index contributed by atoms with van der Waals surface area (Å²) in [5, 5.41) is 2.68. The predicted molar refractivity (Wildman–Crippen MR) is 122 cm³/mol. The molecule has 3 amide bonds. The number of carbonyl (C=O) groups excluding carboxylic acids is 4. The van der Waals surface area contributed by atoms with Crippen LogP contribution in [0.2, 0.25) is 0 Å². The van der Waals surface area contributed by atoms with Crippen LogP contribution in [0.4, 0.5) is 11.4 Å². The van der Waals surface area contributed by atoms with Gasteiger partial charge in [0.05, 0.1) is 23.1 Å². The lowest BCUT2D eigenvalue weighted by Crippen LogP contribution is -2.31. The number of imide groups is 1. The first-order chi connectivity index (χ1) is 15.3. The SMILES string of the molecule is Cc1cc(NC(=O)COC(=O)c2cccc(N3C(=O)[C@@H]4CCCC[C@H]4C3=O)c2)ccc1Br. The van der Waals surface area contributed by atoms with Gasteiger partial charge in [-0.2, -0.15) is 0 Å². The molecule has 2 aliphatic rings. The maximum absolute atomic E-state index is 12.8. The molecule has 1 N–H and O–H groups in total. The molecule has 1 aliphatic carbocycles. The van der Waals surface area contributed by atoms with E-state index in [1.807, 2.05) is 13.0 Å². The summed E-state index contributed by atoms with van der Waals surface area (Å²) in [6, 6.07) is 11.6. The zero-order valence-corrected chi connectivity index (χ0v) is 19.2. The lowest BCUT2D eigenvalue weighted by Gasteiger charge is -2.19. The van der Waals surface area contributed by atoms with E-state index in [4.69, 9.17) is 4.74 Å². The Hall–Kier alpha value is -3.00. The molecule has 166 valence electrons. The summed E-state index contributed by atoms with van der Waals surface area (Å²) >= 11 is 3.40. The lowest BCUT2D eigenvalue weighted by molar-refractivity contribution is -0.122. The molecule has 0 radical (unpaired) electrons. The number of aryl methyl sites for hydroxylation is 1. The first-order valence-corrected chi connectivity index (χ1v) is 11.4. The average molecular weight is 499 g/mol. The Kier molecular flexibility index (Phi) is 6.41. The van der Waals surface area contributed by atoms with Gasteiger partial charge in [0, 0.05) is 10.2 Å². The Morgan fingerprint density at radius 3 is 2.41 bits per heavy atom. The second-order valence-electron chi connectivity index (χ2n) is 8.15. The van der Waals surface area contributed by atoms with Crippen molar-refractivity contribution in [1.29, 1.82) is 0 Å². The van der Waals surface area contributed by atoms with Crippen molar-refractivity contribution in [3.63, 3.8) is 0 Å². The van der Waals surface area contributed by atoms with E-state index in [1.165, 1.54) is 17.0 Å². The third-order valence-corrected chi connectivity index (χ3v) is 6.85. The molecule has 2 atom stereocenters. The van der Waals surface area contributed by atoms with Crippen LogP contribution in [-0.4, -0.2) is 30.3 Å². The predicted octanol–water partition coefficient (Wildman–Crippen LogP) is 4.23. The van der Waals surface area contributed by atoms with E-state index < -0.39 is 18.5 Å². The van der Waals surface area contributed by atoms with E-state index in [1.54, 1.807) is 24.3 Å². The minimum absolute atomic E-state index is 0.172. The number of esters is 1. The van der Waals surface area contributed by atoms with Crippen LogP contribution in [-0.2, 0) is 19.1 Å². The highest BCUT2D eigenvalue weighted by Crippen LogP contribution is 2.40. The van der Waals surface area contributed by atoms with E-state index in [9.17, 15) is 19.2 Å². The van der Waals surface area contributed by atoms with Gasteiger partial charge in [-0.25, -0.2) is 4.79 Å². The van der Waals surface area contributed by atoms with E-state index in [0.29, 0.717) is 11.4 Å². The number of anilines is 2. The van der Waals surface area contributed by atoms with Crippen LogP contribution in [0.5, 0.6) is 0 Å². The Labute approximate surface area is 194 Å². The van der Waals surface area contributed by atoms with Crippen LogP contribution < -0.4 is 10.2 Å². The summed E-state index contributed by atoms with van der Waals surface area (Å²) in [5.74, 6) is -2.10. The Morgan fingerprint density at radius 1 is 1.06 bits per heavy atom. The maximum Gasteiger partial charge on any atom is 0.338 e. The van der Waals surface area contributed by atoms with E-state index in [-0.39, 0.29) is 29.2 Å². The second-order valence-corrected chi connectivity index (χ2v) is 9.00. The molecular formula is C24H23BrN2O5. The highest BCUT2D eigenvalue weighted by molar-refractivity contribution is 9.10. The van der Waals surface area contributed by atoms with E-state index >= 15 is 0 Å². The van der Waals surface area contributed by atoms with Crippen molar-refractivity contribution in [1.82, 2.24) is 0 Å². The van der Waals surface area contributed by atoms with Crippen molar-refractivity contribution in [3.05, 3.63) is 58.1 Å². The van der Waals surface area contributed by atoms with E-state index in [2.05, 4.69) is 21.2 Å². The molecule has 0 bridgehead atoms. The minimum Gasteiger partial charge on any atom is -0.452 e. The van der Waals surface area contributed by atoms with Gasteiger partial charge in [0.2, 0.25) is 11.8 Å². The van der Waals surface area contributed by atoms with Crippen LogP contribution in [0.1, 0.15) is 41.6 Å². The van der Waals surface area contributed by atoms with Gasteiger partial charge in [-0.05, 0) is 61.7 Å². The molecule has 2 aromatic carbocycles. The maximum atomic E-state index is 12.8. The summed E-state index contributed by atoms with van der Waals surface area (Å²) in [4.78, 5) is 51.4. The topological polar surface area (TPSA) is 92.8 Å². The Balaban J connectivity index is 1.40. The Bertz CT molecular complexity index is 1080. The number of carbonyl (C=O) groups is 4. The number of halogens is 1. The smallest absolute Gasteiger partial charge is 0.338 e. The molecule has 2 aromatic rings. The van der Waals surface area contributed by atoms with Crippen molar-refractivity contribution in [2.24, 2.45) is 11.8 Å². The highest BCUT2D eigenvalue weighted by atomic mass is 79.9. The fraction of sp³-hybridized carbons (Fsp3) is 0.333. The Morgan fingerprint density at radius 2 is 1.75 bits per heavy atom. The monoisotopic (exact) mass is 498 g/mol. The average Bonchev–Trinajstić information content (AvgIpc) is 3.05. The second kappa shape index (κ2) is 9.24. The quantitative estimate of drug-likeness (QED) is 0.491. The summed E-state index contributed by atoms with van der Waals surface area (Å²) < 4.78 is 6.06. The summed E-state index contributed by atoms with van der Waals surface area (Å²) in [5.41, 5.74) is 2.09. The third-order valence-electron chi connectivity index (χ3n) is 5.96. The molecule has 1 aliphatic heterocycles. The van der Waals surface area contributed by atoms with Gasteiger partial charge in [0.15, 0.2) is 6.61 Å². The molecule has 1 saturated heterocycles. The number of rotatable bonds is 5. The molecular weight excluding hydrogens is 476 g/mol. The molecule has 0 aromatic heterocycles. The van der Waals surface area contributed by atoms with Crippen molar-refractivity contribution in [2.45, 2.75) is 32.6 Å². The molecule has 8 heteroatoms. The number of ether oxygens (including phenoxy) is 1. The van der Waals surface area contributed by atoms with Crippen molar-refractivity contribution in [3.8, 4) is 0 Å². The number of nitrogens with one attached hydrogen (secondary N) is 1. The van der Waals surface area contributed by atoms with Gasteiger partial charge in [0.1, 0.15) is 0 Å². The van der Waals surface area contributed by atoms with Gasteiger partial charge in [-0.1, -0.05) is 34.8 Å². The van der Waals surface area contributed by atoms with Gasteiger partial charge in [0.25, 0.3) is 5.91 Å². The molecule has 7 nitrogen and oxygen atoms in total. The lowest BCUT2D eigenvalue weighted by atomic mass is 9.81. The van der Waals surface area contributed by atoms with Crippen molar-refractivity contribution < 1.29 is 23.9 Å². The van der Waals surface area contributed by atoms with Crippen LogP contribution in [0.3, 0.4) is 0 Å². The molecule has 2 fully saturated rings. The molecule has 4 rings (SSSR count). The van der Waals surface area contributed by atoms with Gasteiger partial charge in [-0.15, -0.1) is 0 Å². The largest absolute Gasteiger partial charge is 0.452 e. The minimum atomic E-state index is -0.703. The summed E-state index contributed by atoms with van der Waals surface area (Å²) in [7, 11) is 0. The highest BCUT2D eigenvalue weighted by Gasteiger charge is 2.48. The van der Waals surface area contributed by atoms with Crippen LogP contribution in [0.15, 0.2) is 46.9 Å². The van der Waals surface area contributed by atoms with Crippen LogP contribution in [0, 0.1) is 18.8 Å². The van der Waals surface area contributed by atoms with Gasteiger partial charge in [-0.3, -0.25) is 19.3 Å². The molecule has 1 saturated carbocycles. The molecule has 0 spiro atoms. The normalized spacial score (nSPS) is 20.1. The van der Waals surface area contributed by atoms with Gasteiger partial charge < -0.3 is 10.1 Å². The number of nitrogens with zero attached hydrogens (tertiary/aromatic N) is 1. The number of amides is 3. The van der Waals surface area contributed by atoms with Crippen LogP contribution >= 0.6 is 15.9 Å². The van der Waals surface area contributed by atoms with Crippen molar-refractivity contribution >= 4 is 51.0 Å². The van der Waals surface area contributed by atoms with Gasteiger partial charge >= 0.3 is 5.97 Å². The van der Waals surface area contributed by atoms with Crippen molar-refractivity contribution in [2.75, 3.05) is 16.8 Å². The first kappa shape index (κ1) is 22.2. The van der Waals surface area contributed by atoms with Crippen LogP contribution in [0.25, 0.3) is 0 Å². The fourth-order valence-corrected chi connectivity index (χ4v) is 4.57. The number of fused-ring (bicyclic) bond motifs is 1. The third kappa shape index (κ3) is 4.46. The molecule has 0 unspecified atom stereocenters. The standard InChI is InChI=1S/C24H23BrN2O5/c1-14-11-16(9-10-20(14)25)26-21(28)13-32-24(31)15-5-4-6-17(12-15)27-22(29)18-7-2-3-8-19(18)23(27)30/h4-6,9-12,18-19H,2-3,7-8,13H2,1H3,(H,26,28)/t18-,19-/m1/s1. The number of hydrogen-bond acceptors (Lipinski definition) is 5.